The molecule has 0 heterocycles. The van der Waals surface area contributed by atoms with Gasteiger partial charge in [-0.15, -0.1) is 0 Å². The first-order chi connectivity index (χ1) is 17.2. The number of nitrogens with one attached hydrogen (secondary N) is 2. The van der Waals surface area contributed by atoms with Crippen LogP contribution in [0.1, 0.15) is 12.0 Å². The molecule has 0 aromatic heterocycles. The maximum Gasteiger partial charge on any atom is 0.238 e. The van der Waals surface area contributed by atoms with Crippen LogP contribution in [0.5, 0.6) is 11.5 Å². The van der Waals surface area contributed by atoms with Crippen LogP contribution in [0, 0.1) is 0 Å². The van der Waals surface area contributed by atoms with E-state index in [0.717, 1.165) is 49.3 Å². The molecule has 0 spiro atoms. The van der Waals surface area contributed by atoms with Gasteiger partial charge in [-0.1, -0.05) is 30.3 Å². The fourth-order valence-corrected chi connectivity index (χ4v) is 4.21. The van der Waals surface area contributed by atoms with Crippen LogP contribution < -0.4 is 14.8 Å². The molecule has 0 aliphatic heterocycles. The third kappa shape index (κ3) is 10.1. The number of amides is 1. The highest BCUT2D eigenvalue weighted by molar-refractivity contribution is 7.92. The van der Waals surface area contributed by atoms with Gasteiger partial charge in [0.1, 0.15) is 11.5 Å². The summed E-state index contributed by atoms with van der Waals surface area (Å²) in [5.41, 5.74) is 2.39. The van der Waals surface area contributed by atoms with Crippen LogP contribution in [-0.2, 0) is 21.4 Å². The fraction of sp³-hybridized carbons (Fsp3) is 0.296. The minimum absolute atomic E-state index is 0.0645. The van der Waals surface area contributed by atoms with Gasteiger partial charge in [0.2, 0.25) is 15.9 Å². The molecule has 36 heavy (non-hydrogen) atoms. The van der Waals surface area contributed by atoms with E-state index in [9.17, 15) is 13.2 Å². The summed E-state index contributed by atoms with van der Waals surface area (Å²) in [6, 6.07) is 24.2. The lowest BCUT2D eigenvalue weighted by atomic mass is 10.2. The number of anilines is 2. The van der Waals surface area contributed by atoms with Gasteiger partial charge in [0, 0.05) is 17.9 Å². The van der Waals surface area contributed by atoms with E-state index in [1.807, 2.05) is 85.7 Å². The monoisotopic (exact) mass is 510 g/mol. The summed E-state index contributed by atoms with van der Waals surface area (Å²) in [5, 5.41) is 2.92. The van der Waals surface area contributed by atoms with Crippen molar-refractivity contribution in [3.8, 4) is 11.5 Å². The van der Waals surface area contributed by atoms with Crippen LogP contribution in [-0.4, -0.2) is 64.1 Å². The van der Waals surface area contributed by atoms with Gasteiger partial charge in [-0.25, -0.2) is 8.42 Å². The molecular formula is C27H34N4O4S. The van der Waals surface area contributed by atoms with Crippen molar-refractivity contribution in [2.45, 2.75) is 13.0 Å². The smallest absolute Gasteiger partial charge is 0.238 e. The molecule has 0 unspecified atom stereocenters. The van der Waals surface area contributed by atoms with Crippen LogP contribution >= 0.6 is 0 Å². The van der Waals surface area contributed by atoms with Gasteiger partial charge in [-0.3, -0.25) is 14.4 Å². The molecule has 0 bridgehead atoms. The number of carbonyl (C=O) groups excluding carboxylic acids is 1. The summed E-state index contributed by atoms with van der Waals surface area (Å²) >= 11 is 0. The van der Waals surface area contributed by atoms with Gasteiger partial charge in [-0.05, 0) is 87.7 Å². The van der Waals surface area contributed by atoms with Gasteiger partial charge in [-0.2, -0.15) is 0 Å². The molecule has 0 radical (unpaired) electrons. The van der Waals surface area contributed by atoms with Crippen molar-refractivity contribution < 1.29 is 17.9 Å². The standard InChI is InChI=1S/C27H34N4O4S/c1-30(20-22-10-12-24(13-11-22)29-36(3,33)34)18-7-19-31(2)21-27(32)28-23-14-16-26(17-15-23)35-25-8-5-4-6-9-25/h4-6,8-17,29H,7,18-21H2,1-3H3,(H,28,32). The Kier molecular flexibility index (Phi) is 9.86. The van der Waals surface area contributed by atoms with Crippen LogP contribution in [0.25, 0.3) is 0 Å². The second-order valence-electron chi connectivity index (χ2n) is 8.89. The van der Waals surface area contributed by atoms with Gasteiger partial charge in [0.05, 0.1) is 12.8 Å². The maximum absolute atomic E-state index is 12.4. The summed E-state index contributed by atoms with van der Waals surface area (Å²) < 4.78 is 30.9. The quantitative estimate of drug-likeness (QED) is 0.357. The van der Waals surface area contributed by atoms with Crippen LogP contribution in [0.2, 0.25) is 0 Å². The van der Waals surface area contributed by atoms with Crippen LogP contribution in [0.4, 0.5) is 11.4 Å². The Morgan fingerprint density at radius 1 is 0.806 bits per heavy atom. The molecule has 0 atom stereocenters. The van der Waals surface area contributed by atoms with E-state index in [1.165, 1.54) is 0 Å². The Labute approximate surface area is 213 Å². The molecular weight excluding hydrogens is 476 g/mol. The number of nitrogens with zero attached hydrogens (tertiary/aromatic N) is 2. The van der Waals surface area contributed by atoms with E-state index in [1.54, 1.807) is 12.1 Å². The molecule has 192 valence electrons. The lowest BCUT2D eigenvalue weighted by Gasteiger charge is -2.20. The molecule has 9 heteroatoms. The second kappa shape index (κ2) is 13.1. The molecule has 2 N–H and O–H groups in total. The molecule has 0 saturated carbocycles. The molecule has 3 aromatic carbocycles. The van der Waals surface area contributed by atoms with E-state index < -0.39 is 10.0 Å². The first-order valence-electron chi connectivity index (χ1n) is 11.7. The molecule has 0 aliphatic carbocycles. The topological polar surface area (TPSA) is 91.0 Å². The molecule has 0 fully saturated rings. The predicted octanol–water partition coefficient (Wildman–Crippen LogP) is 4.24. The van der Waals surface area contributed by atoms with Crippen molar-refractivity contribution in [3.05, 3.63) is 84.4 Å². The number of carbonyl (C=O) groups is 1. The fourth-order valence-electron chi connectivity index (χ4n) is 3.65. The van der Waals surface area contributed by atoms with Gasteiger partial charge in [0.25, 0.3) is 0 Å². The van der Waals surface area contributed by atoms with E-state index in [-0.39, 0.29) is 5.91 Å². The Morgan fingerprint density at radius 2 is 1.39 bits per heavy atom. The highest BCUT2D eigenvalue weighted by Crippen LogP contribution is 2.22. The zero-order valence-electron chi connectivity index (χ0n) is 21.0. The Balaban J connectivity index is 1.34. The predicted molar refractivity (Wildman–Crippen MR) is 145 cm³/mol. The molecule has 1 amide bonds. The third-order valence-electron chi connectivity index (χ3n) is 5.32. The number of para-hydroxylation sites is 1. The van der Waals surface area contributed by atoms with Crippen molar-refractivity contribution in [2.24, 2.45) is 0 Å². The molecule has 8 nitrogen and oxygen atoms in total. The number of benzene rings is 3. The average molecular weight is 511 g/mol. The number of rotatable bonds is 13. The van der Waals surface area contributed by atoms with Crippen LogP contribution in [0.3, 0.4) is 0 Å². The first kappa shape index (κ1) is 27.2. The van der Waals surface area contributed by atoms with Gasteiger partial charge < -0.3 is 15.0 Å². The average Bonchev–Trinajstić information content (AvgIpc) is 2.81. The largest absolute Gasteiger partial charge is 0.457 e. The summed E-state index contributed by atoms with van der Waals surface area (Å²) in [5.74, 6) is 1.41. The highest BCUT2D eigenvalue weighted by Gasteiger charge is 2.09. The summed E-state index contributed by atoms with van der Waals surface area (Å²) in [4.78, 5) is 16.6. The third-order valence-corrected chi connectivity index (χ3v) is 5.93. The number of hydrogen-bond acceptors (Lipinski definition) is 6. The maximum atomic E-state index is 12.4. The number of likely N-dealkylation sites (N-methyl/N-ethyl adjacent to an activating group) is 1. The van der Waals surface area contributed by atoms with E-state index in [0.29, 0.717) is 18.0 Å². The first-order valence-corrected chi connectivity index (χ1v) is 13.6. The Hall–Kier alpha value is -3.40. The van der Waals surface area contributed by atoms with Gasteiger partial charge in [0.15, 0.2) is 0 Å². The van der Waals surface area contributed by atoms with E-state index >= 15 is 0 Å². The lowest BCUT2D eigenvalue weighted by molar-refractivity contribution is -0.117. The Bertz CT molecular complexity index is 1200. The molecule has 3 aromatic rings. The summed E-state index contributed by atoms with van der Waals surface area (Å²) in [6.07, 6.45) is 2.05. The zero-order valence-corrected chi connectivity index (χ0v) is 21.8. The highest BCUT2D eigenvalue weighted by atomic mass is 32.2. The van der Waals surface area contributed by atoms with Gasteiger partial charge >= 0.3 is 0 Å². The number of hydrogen-bond donors (Lipinski definition) is 2. The van der Waals surface area contributed by atoms with Crippen LogP contribution in [0.15, 0.2) is 78.9 Å². The summed E-state index contributed by atoms with van der Waals surface area (Å²) in [6.45, 7) is 2.73. The van der Waals surface area contributed by atoms with Crippen molar-refractivity contribution in [1.82, 2.24) is 9.80 Å². The minimum atomic E-state index is -3.27. The summed E-state index contributed by atoms with van der Waals surface area (Å²) in [7, 11) is 0.706. The minimum Gasteiger partial charge on any atom is -0.457 e. The van der Waals surface area contributed by atoms with Crippen molar-refractivity contribution in [2.75, 3.05) is 50.0 Å². The Morgan fingerprint density at radius 3 is 2.03 bits per heavy atom. The van der Waals surface area contributed by atoms with Crippen molar-refractivity contribution >= 4 is 27.3 Å². The molecule has 3 rings (SSSR count). The van der Waals surface area contributed by atoms with E-state index in [4.69, 9.17) is 4.74 Å². The normalized spacial score (nSPS) is 11.5. The second-order valence-corrected chi connectivity index (χ2v) is 10.6. The SMILES string of the molecule is CN(CCCN(C)Cc1ccc(NS(C)(=O)=O)cc1)CC(=O)Nc1ccc(Oc2ccccc2)cc1. The van der Waals surface area contributed by atoms with Crippen molar-refractivity contribution in [3.63, 3.8) is 0 Å². The lowest BCUT2D eigenvalue weighted by Crippen LogP contribution is -2.32. The number of ether oxygens (including phenoxy) is 1. The molecule has 0 saturated heterocycles. The zero-order chi connectivity index (χ0) is 26.0. The number of sulfonamides is 1. The van der Waals surface area contributed by atoms with Crippen molar-refractivity contribution in [1.29, 1.82) is 0 Å². The van der Waals surface area contributed by atoms with E-state index in [2.05, 4.69) is 14.9 Å². The molecule has 0 aliphatic rings.